The molecule has 0 aromatic rings. The maximum atomic E-state index is 13.9. The lowest BCUT2D eigenvalue weighted by Gasteiger charge is -2.51. The predicted octanol–water partition coefficient (Wildman–Crippen LogP) is 3.92. The normalized spacial score (nSPS) is 36.7. The van der Waals surface area contributed by atoms with Gasteiger partial charge in [0.15, 0.2) is 36.5 Å². The molecule has 15 heteroatoms. The minimum atomic E-state index is -3.94. The number of carbonyl (C=O) groups excluding carboxylic acids is 2. The van der Waals surface area contributed by atoms with Crippen LogP contribution in [0.2, 0.25) is 0 Å². The number of sulfone groups is 1. The van der Waals surface area contributed by atoms with Crippen molar-refractivity contribution in [2.45, 2.75) is 70.8 Å². The van der Waals surface area contributed by atoms with Gasteiger partial charge < -0.3 is 4.74 Å². The Labute approximate surface area is 216 Å². The molecule has 0 aromatic heterocycles. The van der Waals surface area contributed by atoms with Crippen LogP contribution in [0.4, 0.5) is 0 Å². The summed E-state index contributed by atoms with van der Waals surface area (Å²) in [5.74, 6) is -0.572. The van der Waals surface area contributed by atoms with E-state index in [2.05, 4.69) is 20.5 Å². The number of allylic oxidation sites excluding steroid dienone is 1. The Morgan fingerprint density at radius 1 is 1.09 bits per heavy atom. The first-order chi connectivity index (χ1) is 15.9. The van der Waals surface area contributed by atoms with Crippen LogP contribution in [0, 0.1) is 5.41 Å². The number of hydrogen-bond donors (Lipinski definition) is 0. The van der Waals surface area contributed by atoms with Crippen LogP contribution in [0.5, 0.6) is 0 Å². The summed E-state index contributed by atoms with van der Waals surface area (Å²) in [7, 11) is -2.63. The third-order valence-electron chi connectivity index (χ3n) is 5.50. The molecule has 5 unspecified atom stereocenters. The Bertz CT molecular complexity index is 1070. The molecule has 0 aromatic carbocycles. The van der Waals surface area contributed by atoms with Crippen LogP contribution in [0.15, 0.2) is 31.7 Å². The second kappa shape index (κ2) is 9.69. The number of hydrogen-bond acceptors (Lipinski definition) is 13. The quantitative estimate of drug-likeness (QED) is 0.422. The monoisotopic (exact) mass is 565 g/mol. The maximum absolute atomic E-state index is 13.9. The van der Waals surface area contributed by atoms with Gasteiger partial charge in [-0.05, 0) is 19.4 Å². The molecule has 4 aliphatic rings. The van der Waals surface area contributed by atoms with Gasteiger partial charge in [-0.2, -0.15) is 20.5 Å². The van der Waals surface area contributed by atoms with E-state index >= 15 is 0 Å². The van der Waals surface area contributed by atoms with Crippen LogP contribution in [-0.4, -0.2) is 74.1 Å². The predicted molar refractivity (Wildman–Crippen MR) is 137 cm³/mol. The number of amides is 1. The number of fused-ring (bicyclic) bond motifs is 1. The highest BCUT2D eigenvalue weighted by atomic mass is 32.3. The average molecular weight is 566 g/mol. The Morgan fingerprint density at radius 3 is 2.18 bits per heavy atom. The number of β-lactam (4-membered cyclic amide) rings is 1. The van der Waals surface area contributed by atoms with Crippen molar-refractivity contribution in [1.29, 1.82) is 0 Å². The van der Waals surface area contributed by atoms with Crippen molar-refractivity contribution in [2.75, 3.05) is 12.9 Å². The number of rotatable bonds is 7. The number of azo groups is 2. The van der Waals surface area contributed by atoms with Gasteiger partial charge in [0, 0.05) is 18.3 Å². The summed E-state index contributed by atoms with van der Waals surface area (Å²) >= 11 is 5.56. The maximum Gasteiger partial charge on any atom is 0.260 e. The summed E-state index contributed by atoms with van der Waals surface area (Å²) < 4.78 is 31.3. The number of nitrogens with zero attached hydrogens (tertiary/aromatic N) is 5. The summed E-state index contributed by atoms with van der Waals surface area (Å²) in [5.41, 5.74) is -0.256. The van der Waals surface area contributed by atoms with Crippen molar-refractivity contribution in [3.63, 3.8) is 0 Å². The first kappa shape index (κ1) is 26.5. The summed E-state index contributed by atoms with van der Waals surface area (Å²) in [6.07, 6.45) is -1.14. The van der Waals surface area contributed by atoms with Crippen molar-refractivity contribution in [3.05, 3.63) is 11.3 Å². The van der Waals surface area contributed by atoms with Crippen LogP contribution in [0.3, 0.4) is 0 Å². The molecule has 7 atom stereocenters. The van der Waals surface area contributed by atoms with E-state index in [4.69, 9.17) is 4.74 Å². The van der Waals surface area contributed by atoms with E-state index in [1.807, 2.05) is 13.8 Å². The minimum absolute atomic E-state index is 0.0167. The van der Waals surface area contributed by atoms with E-state index in [9.17, 15) is 18.0 Å². The molecule has 4 aliphatic heterocycles. The average Bonchev–Trinajstić information content (AvgIpc) is 3.35. The molecule has 0 spiro atoms. The second-order valence-electron chi connectivity index (χ2n) is 9.12. The van der Waals surface area contributed by atoms with Gasteiger partial charge in [-0.25, -0.2) is 8.42 Å². The van der Waals surface area contributed by atoms with Gasteiger partial charge in [-0.15, -0.1) is 11.8 Å². The molecular formula is C19H27N5O5S5. The lowest BCUT2D eigenvalue weighted by atomic mass is 9.86. The Hall–Kier alpha value is -0.610. The third-order valence-corrected chi connectivity index (χ3v) is 13.4. The molecule has 4 heterocycles. The molecule has 188 valence electrons. The highest BCUT2D eigenvalue weighted by molar-refractivity contribution is 8.23. The molecule has 4 rings (SSSR count). The van der Waals surface area contributed by atoms with Gasteiger partial charge >= 0.3 is 0 Å². The zero-order valence-electron chi connectivity index (χ0n) is 19.6. The highest BCUT2D eigenvalue weighted by Gasteiger charge is 2.64. The van der Waals surface area contributed by atoms with Crippen LogP contribution < -0.4 is 0 Å². The second-order valence-corrected chi connectivity index (χ2v) is 17.2. The Kier molecular flexibility index (Phi) is 7.54. The molecule has 0 aliphatic carbocycles. The molecule has 0 N–H and O–H groups in total. The summed E-state index contributed by atoms with van der Waals surface area (Å²) in [4.78, 5) is 27.8. The highest BCUT2D eigenvalue weighted by Crippen LogP contribution is 2.51. The fourth-order valence-corrected chi connectivity index (χ4v) is 12.1. The van der Waals surface area contributed by atoms with E-state index in [0.29, 0.717) is 5.57 Å². The molecule has 1 fully saturated rings. The van der Waals surface area contributed by atoms with Crippen molar-refractivity contribution in [2.24, 2.45) is 25.9 Å². The first-order valence-corrected chi connectivity index (χ1v) is 16.1. The topological polar surface area (TPSA) is 130 Å². The molecule has 10 nitrogen and oxygen atoms in total. The van der Waals surface area contributed by atoms with Gasteiger partial charge in [0.25, 0.3) is 5.91 Å². The van der Waals surface area contributed by atoms with Crippen LogP contribution in [-0.2, 0) is 24.2 Å². The number of thioether (sulfide) groups is 4. The van der Waals surface area contributed by atoms with E-state index < -0.39 is 41.9 Å². The number of ketones is 1. The van der Waals surface area contributed by atoms with Crippen molar-refractivity contribution >= 4 is 68.6 Å². The summed E-state index contributed by atoms with van der Waals surface area (Å²) in [6.45, 7) is 9.11. The number of carbonyl (C=O) groups is 2. The smallest absolute Gasteiger partial charge is 0.260 e. The Morgan fingerprint density at radius 2 is 1.68 bits per heavy atom. The molecule has 1 amide bonds. The standard InChI is InChI=1S/C19H27N5O5S5/c1-8-20-22-17(31-8)30-7-10-11(13(25)19(3,4)5)24-14(26)12(29-6)15(24)34(27,28)16(10)33-18-23-21-9(2)32-18/h8-9,12,15-18H,7H2,1-6H3/t8?,9?,12-,15?,16-,17?,18?/m0/s1. The largest absolute Gasteiger partial charge is 0.368 e. The van der Waals surface area contributed by atoms with Gasteiger partial charge in [0.1, 0.15) is 15.3 Å². The lowest BCUT2D eigenvalue weighted by molar-refractivity contribution is -0.161. The van der Waals surface area contributed by atoms with E-state index in [1.54, 1.807) is 32.5 Å². The van der Waals surface area contributed by atoms with E-state index in [-0.39, 0.29) is 32.7 Å². The number of ether oxygens (including phenoxy) is 1. The molecular weight excluding hydrogens is 539 g/mol. The zero-order chi connectivity index (χ0) is 25.0. The van der Waals surface area contributed by atoms with Crippen LogP contribution in [0.25, 0.3) is 0 Å². The SMILES string of the molecule is CO[C@H]1C(=O)N2C(C(=O)C(C)(C)C)=C(CSC3N=NC(C)S3)[C@@H](SC3N=NC(C)S3)S(=O)(=O)C12. The number of methoxy groups -OCH3 is 1. The van der Waals surface area contributed by atoms with Gasteiger partial charge in [-0.3, -0.25) is 14.5 Å². The van der Waals surface area contributed by atoms with Crippen molar-refractivity contribution in [1.82, 2.24) is 4.90 Å². The minimum Gasteiger partial charge on any atom is -0.368 e. The molecule has 0 bridgehead atoms. The lowest BCUT2D eigenvalue weighted by Crippen LogP contribution is -2.72. The zero-order valence-corrected chi connectivity index (χ0v) is 23.6. The molecule has 1 saturated heterocycles. The van der Waals surface area contributed by atoms with Gasteiger partial charge in [-0.1, -0.05) is 56.1 Å². The molecule has 0 saturated carbocycles. The molecule has 0 radical (unpaired) electrons. The third kappa shape index (κ3) is 4.72. The van der Waals surface area contributed by atoms with Crippen molar-refractivity contribution < 1.29 is 22.7 Å². The van der Waals surface area contributed by atoms with Crippen LogP contribution in [0.1, 0.15) is 34.6 Å². The summed E-state index contributed by atoms with van der Waals surface area (Å²) in [5, 5.41) is 15.4. The Balaban J connectivity index is 1.80. The van der Waals surface area contributed by atoms with Crippen molar-refractivity contribution in [3.8, 4) is 0 Å². The fraction of sp³-hybridized carbons (Fsp3) is 0.789. The first-order valence-electron chi connectivity index (χ1n) is 10.6. The van der Waals surface area contributed by atoms with Gasteiger partial charge in [0.05, 0.1) is 5.70 Å². The van der Waals surface area contributed by atoms with Crippen LogP contribution >= 0.6 is 47.0 Å². The van der Waals surface area contributed by atoms with E-state index in [1.165, 1.54) is 30.6 Å². The fourth-order valence-electron chi connectivity index (χ4n) is 3.85. The number of Topliss-reactive ketones (excluding diaryl/α,β-unsaturated/α-hetero) is 1. The van der Waals surface area contributed by atoms with Gasteiger partial charge in [0.2, 0.25) is 0 Å². The summed E-state index contributed by atoms with van der Waals surface area (Å²) in [6, 6.07) is 0. The molecule has 34 heavy (non-hydrogen) atoms. The van der Waals surface area contributed by atoms with E-state index in [0.717, 1.165) is 16.7 Å².